The van der Waals surface area contributed by atoms with E-state index >= 15 is 0 Å². The maximum absolute atomic E-state index is 4.66. The first-order chi connectivity index (χ1) is 18.6. The summed E-state index contributed by atoms with van der Waals surface area (Å²) < 4.78 is 0. The third-order valence-electron chi connectivity index (χ3n) is 6.51. The molecule has 0 unspecified atom stereocenters. The monoisotopic (exact) mass is 504 g/mol. The van der Waals surface area contributed by atoms with Gasteiger partial charge in [-0.3, -0.25) is 20.0 Å². The molecule has 194 valence electrons. The van der Waals surface area contributed by atoms with Gasteiger partial charge in [-0.2, -0.15) is 0 Å². The van der Waals surface area contributed by atoms with Gasteiger partial charge in [-0.1, -0.05) is 0 Å². The van der Waals surface area contributed by atoms with Gasteiger partial charge in [-0.15, -0.1) is 0 Å². The number of nitrogens with zero attached hydrogens (tertiary/aromatic N) is 6. The van der Waals surface area contributed by atoms with Crippen molar-refractivity contribution in [1.29, 1.82) is 0 Å². The minimum absolute atomic E-state index is 0.796. The Morgan fingerprint density at radius 1 is 0.553 bits per heavy atom. The first-order valence-corrected chi connectivity index (χ1v) is 13.3. The van der Waals surface area contributed by atoms with E-state index in [1.54, 1.807) is 12.4 Å². The van der Waals surface area contributed by atoms with E-state index in [2.05, 4.69) is 81.7 Å². The van der Waals surface area contributed by atoms with Gasteiger partial charge in [-0.05, 0) is 112 Å². The minimum atomic E-state index is 0.796. The van der Waals surface area contributed by atoms with E-state index in [1.807, 2.05) is 61.0 Å². The van der Waals surface area contributed by atoms with Crippen molar-refractivity contribution in [2.24, 2.45) is 9.98 Å². The summed E-state index contributed by atoms with van der Waals surface area (Å²) >= 11 is 0. The lowest BCUT2D eigenvalue weighted by Crippen LogP contribution is -2.21. The zero-order valence-electron chi connectivity index (χ0n) is 22.7. The van der Waals surface area contributed by atoms with Crippen LogP contribution in [-0.2, 0) is 0 Å². The molecule has 2 aromatic carbocycles. The van der Waals surface area contributed by atoms with E-state index in [4.69, 9.17) is 0 Å². The Kier molecular flexibility index (Phi) is 9.35. The Labute approximate surface area is 226 Å². The van der Waals surface area contributed by atoms with Crippen molar-refractivity contribution in [1.82, 2.24) is 9.97 Å². The van der Waals surface area contributed by atoms with Crippen LogP contribution in [0.15, 0.2) is 95.2 Å². The standard InChI is InChI=1S/C32H36N6/c1-5-37(6-2)29-13-9-27(10-14-29)35-23-25-17-19-33-31(21-25)32-22-26(18-20-34-32)24-36-28-11-15-30(16-12-28)38(7-3)8-4/h9-24H,5-8H2,1-4H3. The lowest BCUT2D eigenvalue weighted by atomic mass is 10.1. The second kappa shape index (κ2) is 13.3. The molecule has 4 aromatic rings. The van der Waals surface area contributed by atoms with Gasteiger partial charge in [0, 0.05) is 62.4 Å². The molecule has 0 saturated carbocycles. The van der Waals surface area contributed by atoms with Crippen molar-refractivity contribution in [3.8, 4) is 11.4 Å². The van der Waals surface area contributed by atoms with Crippen molar-refractivity contribution in [2.75, 3.05) is 36.0 Å². The van der Waals surface area contributed by atoms with Gasteiger partial charge in [0.25, 0.3) is 0 Å². The fraction of sp³-hybridized carbons (Fsp3) is 0.250. The number of aromatic nitrogens is 2. The van der Waals surface area contributed by atoms with Crippen molar-refractivity contribution in [3.05, 3.63) is 96.3 Å². The smallest absolute Gasteiger partial charge is 0.0892 e. The highest BCUT2D eigenvalue weighted by atomic mass is 15.1. The number of pyridine rings is 2. The number of hydrogen-bond donors (Lipinski definition) is 0. The Balaban J connectivity index is 1.46. The maximum Gasteiger partial charge on any atom is 0.0892 e. The van der Waals surface area contributed by atoms with E-state index in [-0.39, 0.29) is 0 Å². The molecule has 0 aliphatic heterocycles. The molecule has 0 spiro atoms. The van der Waals surface area contributed by atoms with E-state index in [0.29, 0.717) is 0 Å². The zero-order valence-corrected chi connectivity index (χ0v) is 22.7. The van der Waals surface area contributed by atoms with Gasteiger partial charge in [0.2, 0.25) is 0 Å². The number of aliphatic imine (C=N–C) groups is 2. The molecule has 4 rings (SSSR count). The van der Waals surface area contributed by atoms with Crippen molar-refractivity contribution >= 4 is 35.2 Å². The summed E-state index contributed by atoms with van der Waals surface area (Å²) in [4.78, 5) is 23.0. The van der Waals surface area contributed by atoms with Crippen LogP contribution >= 0.6 is 0 Å². The molecule has 6 nitrogen and oxygen atoms in total. The summed E-state index contributed by atoms with van der Waals surface area (Å²) in [7, 11) is 0. The fourth-order valence-corrected chi connectivity index (χ4v) is 4.31. The molecule has 0 aliphatic carbocycles. The van der Waals surface area contributed by atoms with Crippen LogP contribution < -0.4 is 9.80 Å². The second-order valence-corrected chi connectivity index (χ2v) is 8.84. The fourth-order valence-electron chi connectivity index (χ4n) is 4.31. The average molecular weight is 505 g/mol. The topological polar surface area (TPSA) is 57.0 Å². The van der Waals surface area contributed by atoms with E-state index in [1.165, 1.54) is 11.4 Å². The summed E-state index contributed by atoms with van der Waals surface area (Å²) in [5, 5.41) is 0. The molecular weight excluding hydrogens is 468 g/mol. The molecule has 0 bridgehead atoms. The van der Waals surface area contributed by atoms with E-state index in [9.17, 15) is 0 Å². The molecule has 38 heavy (non-hydrogen) atoms. The van der Waals surface area contributed by atoms with Crippen LogP contribution in [0.25, 0.3) is 11.4 Å². The summed E-state index contributed by atoms with van der Waals surface area (Å²) in [6.45, 7) is 12.6. The molecule has 2 heterocycles. The SMILES string of the molecule is CCN(CC)c1ccc(N=Cc2ccnc(-c3cc(C=Nc4ccc(N(CC)CC)cc4)ccn3)c2)cc1. The molecule has 0 saturated heterocycles. The van der Waals surface area contributed by atoms with Gasteiger partial charge >= 0.3 is 0 Å². The molecule has 6 heteroatoms. The van der Waals surface area contributed by atoms with Crippen LogP contribution in [0.4, 0.5) is 22.7 Å². The average Bonchev–Trinajstić information content (AvgIpc) is 2.98. The highest BCUT2D eigenvalue weighted by molar-refractivity contribution is 5.85. The molecule has 0 atom stereocenters. The Morgan fingerprint density at radius 2 is 0.921 bits per heavy atom. The largest absolute Gasteiger partial charge is 0.372 e. The predicted octanol–water partition coefficient (Wildman–Crippen LogP) is 7.34. The molecule has 0 radical (unpaired) electrons. The zero-order chi connectivity index (χ0) is 26.7. The van der Waals surface area contributed by atoms with Crippen molar-refractivity contribution in [3.63, 3.8) is 0 Å². The first kappa shape index (κ1) is 26.7. The highest BCUT2D eigenvalue weighted by Gasteiger charge is 2.05. The van der Waals surface area contributed by atoms with Crippen molar-refractivity contribution < 1.29 is 0 Å². The molecule has 0 fully saturated rings. The molecule has 0 amide bonds. The normalized spacial score (nSPS) is 11.4. The highest BCUT2D eigenvalue weighted by Crippen LogP contribution is 2.22. The number of hydrogen-bond acceptors (Lipinski definition) is 6. The quantitative estimate of drug-likeness (QED) is 0.201. The third-order valence-corrected chi connectivity index (χ3v) is 6.51. The number of rotatable bonds is 11. The lowest BCUT2D eigenvalue weighted by Gasteiger charge is -2.20. The molecule has 2 aromatic heterocycles. The maximum atomic E-state index is 4.66. The Bertz CT molecular complexity index is 1240. The Morgan fingerprint density at radius 3 is 1.26 bits per heavy atom. The summed E-state index contributed by atoms with van der Waals surface area (Å²) in [6.07, 6.45) is 7.32. The van der Waals surface area contributed by atoms with Crippen LogP contribution in [0, 0.1) is 0 Å². The Hall–Kier alpha value is -4.32. The minimum Gasteiger partial charge on any atom is -0.372 e. The van der Waals surface area contributed by atoms with Gasteiger partial charge in [-0.25, -0.2) is 0 Å². The van der Waals surface area contributed by atoms with E-state index in [0.717, 1.165) is 60.1 Å². The molecule has 0 N–H and O–H groups in total. The third kappa shape index (κ3) is 6.91. The van der Waals surface area contributed by atoms with Crippen molar-refractivity contribution in [2.45, 2.75) is 27.7 Å². The van der Waals surface area contributed by atoms with E-state index < -0.39 is 0 Å². The molecule has 0 aliphatic rings. The summed E-state index contributed by atoms with van der Waals surface area (Å²) in [5.74, 6) is 0. The van der Waals surface area contributed by atoms with Crippen LogP contribution in [0.2, 0.25) is 0 Å². The predicted molar refractivity (Wildman–Crippen MR) is 162 cm³/mol. The first-order valence-electron chi connectivity index (χ1n) is 13.3. The van der Waals surface area contributed by atoms with Gasteiger partial charge in [0.15, 0.2) is 0 Å². The number of anilines is 2. The van der Waals surface area contributed by atoms with Crippen LogP contribution in [0.1, 0.15) is 38.8 Å². The molecular formula is C32H36N6. The second-order valence-electron chi connectivity index (χ2n) is 8.84. The van der Waals surface area contributed by atoms with Crippen LogP contribution in [0.5, 0.6) is 0 Å². The summed E-state index contributed by atoms with van der Waals surface area (Å²) in [5.41, 5.74) is 7.79. The lowest BCUT2D eigenvalue weighted by molar-refractivity contribution is 0.866. The van der Waals surface area contributed by atoms with Crippen LogP contribution in [0.3, 0.4) is 0 Å². The van der Waals surface area contributed by atoms with Gasteiger partial charge in [0.1, 0.15) is 0 Å². The summed E-state index contributed by atoms with van der Waals surface area (Å²) in [6, 6.07) is 24.6. The van der Waals surface area contributed by atoms with Gasteiger partial charge < -0.3 is 9.80 Å². The van der Waals surface area contributed by atoms with Crippen LogP contribution in [-0.4, -0.2) is 48.6 Å². The number of benzene rings is 2. The van der Waals surface area contributed by atoms with Gasteiger partial charge in [0.05, 0.1) is 22.8 Å².